The zero-order chi connectivity index (χ0) is 17.9. The molecule has 1 aliphatic heterocycles. The SMILES string of the molecule is C[C@@]1(c2ccc(Cl)cc2Cl)OC[C@H](CSC(=O)Nc2ccccc2)O1. The van der Waals surface area contributed by atoms with Crippen molar-refractivity contribution in [1.82, 2.24) is 0 Å². The van der Waals surface area contributed by atoms with Crippen molar-refractivity contribution in [3.8, 4) is 0 Å². The maximum Gasteiger partial charge on any atom is 0.283 e. The summed E-state index contributed by atoms with van der Waals surface area (Å²) in [5.74, 6) is -0.456. The molecule has 0 aromatic heterocycles. The highest BCUT2D eigenvalue weighted by Crippen LogP contribution is 2.39. The molecule has 0 saturated carbocycles. The van der Waals surface area contributed by atoms with Crippen LogP contribution in [0.5, 0.6) is 0 Å². The second kappa shape index (κ2) is 7.98. The van der Waals surface area contributed by atoms with Gasteiger partial charge in [0.1, 0.15) is 0 Å². The van der Waals surface area contributed by atoms with Gasteiger partial charge in [-0.2, -0.15) is 0 Å². The molecule has 132 valence electrons. The van der Waals surface area contributed by atoms with Crippen molar-refractivity contribution < 1.29 is 14.3 Å². The van der Waals surface area contributed by atoms with Gasteiger partial charge in [-0.1, -0.05) is 59.2 Å². The molecule has 1 aliphatic rings. The molecule has 3 rings (SSSR count). The molecule has 0 radical (unpaired) electrons. The Labute approximate surface area is 160 Å². The van der Waals surface area contributed by atoms with Crippen molar-refractivity contribution in [3.05, 3.63) is 64.1 Å². The summed E-state index contributed by atoms with van der Waals surface area (Å²) in [7, 11) is 0. The Morgan fingerprint density at radius 3 is 2.76 bits per heavy atom. The van der Waals surface area contributed by atoms with Gasteiger partial charge in [-0.3, -0.25) is 4.79 Å². The monoisotopic (exact) mass is 397 g/mol. The van der Waals surface area contributed by atoms with Crippen LogP contribution in [-0.2, 0) is 15.3 Å². The number of anilines is 1. The number of nitrogens with one attached hydrogen (secondary N) is 1. The van der Waals surface area contributed by atoms with Gasteiger partial charge in [0.15, 0.2) is 5.79 Å². The van der Waals surface area contributed by atoms with E-state index in [1.165, 1.54) is 0 Å². The number of rotatable bonds is 4. The lowest BCUT2D eigenvalue weighted by atomic mass is 10.1. The van der Waals surface area contributed by atoms with Crippen molar-refractivity contribution >= 4 is 45.9 Å². The number of ether oxygens (including phenoxy) is 2. The largest absolute Gasteiger partial charge is 0.343 e. The summed E-state index contributed by atoms with van der Waals surface area (Å²) >= 11 is 13.3. The number of amides is 1. The molecule has 7 heteroatoms. The Balaban J connectivity index is 1.55. The third-order valence-corrected chi connectivity index (χ3v) is 5.23. The zero-order valence-corrected chi connectivity index (χ0v) is 15.8. The lowest BCUT2D eigenvalue weighted by Crippen LogP contribution is -2.25. The van der Waals surface area contributed by atoms with Crippen molar-refractivity contribution in [2.75, 3.05) is 17.7 Å². The first-order chi connectivity index (χ1) is 12.0. The fourth-order valence-corrected chi connectivity index (χ4v) is 3.83. The molecule has 1 heterocycles. The topological polar surface area (TPSA) is 47.6 Å². The molecule has 25 heavy (non-hydrogen) atoms. The Hall–Kier alpha value is -1.24. The first-order valence-corrected chi connectivity index (χ1v) is 9.46. The van der Waals surface area contributed by atoms with E-state index < -0.39 is 5.79 Å². The number of hydrogen-bond donors (Lipinski definition) is 1. The predicted octanol–water partition coefficient (Wildman–Crippen LogP) is 5.55. The van der Waals surface area contributed by atoms with Crippen LogP contribution in [0.1, 0.15) is 12.5 Å². The minimum absolute atomic E-state index is 0.132. The third kappa shape index (κ3) is 4.68. The zero-order valence-electron chi connectivity index (χ0n) is 13.5. The average Bonchev–Trinajstić information content (AvgIpc) is 2.96. The second-order valence-corrected chi connectivity index (χ2v) is 7.55. The van der Waals surface area contributed by atoms with Crippen LogP contribution >= 0.6 is 35.0 Å². The van der Waals surface area contributed by atoms with Gasteiger partial charge < -0.3 is 14.8 Å². The molecule has 2 atom stereocenters. The lowest BCUT2D eigenvalue weighted by Gasteiger charge is -2.25. The fourth-order valence-electron chi connectivity index (χ4n) is 2.56. The summed E-state index contributed by atoms with van der Waals surface area (Å²) in [6.07, 6.45) is -0.205. The Morgan fingerprint density at radius 2 is 2.04 bits per heavy atom. The van der Waals surface area contributed by atoms with Crippen LogP contribution in [0.15, 0.2) is 48.5 Å². The van der Waals surface area contributed by atoms with Crippen molar-refractivity contribution in [3.63, 3.8) is 0 Å². The van der Waals surface area contributed by atoms with E-state index in [9.17, 15) is 4.79 Å². The third-order valence-electron chi connectivity index (χ3n) is 3.78. The summed E-state index contributed by atoms with van der Waals surface area (Å²) in [6, 6.07) is 14.5. The van der Waals surface area contributed by atoms with Gasteiger partial charge in [-0.15, -0.1) is 0 Å². The van der Waals surface area contributed by atoms with Gasteiger partial charge in [0.05, 0.1) is 17.7 Å². The minimum atomic E-state index is -0.942. The number of carbonyl (C=O) groups is 1. The molecule has 1 fully saturated rings. The van der Waals surface area contributed by atoms with E-state index in [1.54, 1.807) is 18.2 Å². The van der Waals surface area contributed by atoms with Gasteiger partial charge in [0, 0.05) is 22.0 Å². The van der Waals surface area contributed by atoms with E-state index in [0.717, 1.165) is 23.0 Å². The van der Waals surface area contributed by atoms with E-state index in [1.807, 2.05) is 37.3 Å². The Kier molecular flexibility index (Phi) is 5.92. The predicted molar refractivity (Wildman–Crippen MR) is 103 cm³/mol. The first-order valence-electron chi connectivity index (χ1n) is 7.72. The number of hydrogen-bond acceptors (Lipinski definition) is 4. The Bertz CT molecular complexity index is 759. The van der Waals surface area contributed by atoms with Crippen LogP contribution < -0.4 is 5.32 Å². The highest BCUT2D eigenvalue weighted by Gasteiger charge is 2.40. The van der Waals surface area contributed by atoms with Crippen LogP contribution in [0.4, 0.5) is 10.5 Å². The molecular weight excluding hydrogens is 381 g/mol. The number of carbonyl (C=O) groups excluding carboxylic acids is 1. The molecule has 0 unspecified atom stereocenters. The molecule has 2 aromatic rings. The van der Waals surface area contributed by atoms with Crippen LogP contribution in [0.2, 0.25) is 10.0 Å². The average molecular weight is 398 g/mol. The second-order valence-electron chi connectivity index (χ2n) is 5.71. The van der Waals surface area contributed by atoms with Crippen LogP contribution in [0, 0.1) is 0 Å². The van der Waals surface area contributed by atoms with Crippen LogP contribution in [0.25, 0.3) is 0 Å². The molecule has 2 aromatic carbocycles. The summed E-state index contributed by atoms with van der Waals surface area (Å²) in [5, 5.41) is 3.74. The van der Waals surface area contributed by atoms with Crippen LogP contribution in [0.3, 0.4) is 0 Å². The number of para-hydroxylation sites is 1. The summed E-state index contributed by atoms with van der Waals surface area (Å²) < 4.78 is 11.8. The smallest absolute Gasteiger partial charge is 0.283 e. The van der Waals surface area contributed by atoms with Crippen LogP contribution in [-0.4, -0.2) is 23.7 Å². The van der Waals surface area contributed by atoms with Gasteiger partial charge in [-0.25, -0.2) is 0 Å². The fraction of sp³-hybridized carbons (Fsp3) is 0.278. The van der Waals surface area contributed by atoms with Gasteiger partial charge in [-0.05, 0) is 31.2 Å². The van der Waals surface area contributed by atoms with E-state index >= 15 is 0 Å². The van der Waals surface area contributed by atoms with E-state index in [-0.39, 0.29) is 11.3 Å². The minimum Gasteiger partial charge on any atom is -0.343 e. The number of benzene rings is 2. The summed E-state index contributed by atoms with van der Waals surface area (Å²) in [4.78, 5) is 12.0. The van der Waals surface area contributed by atoms with Crippen molar-refractivity contribution in [2.45, 2.75) is 18.8 Å². The van der Waals surface area contributed by atoms with Gasteiger partial charge >= 0.3 is 0 Å². The molecule has 0 aliphatic carbocycles. The van der Waals surface area contributed by atoms with Crippen molar-refractivity contribution in [2.24, 2.45) is 0 Å². The van der Waals surface area contributed by atoms with Gasteiger partial charge in [0.25, 0.3) is 5.24 Å². The molecule has 0 bridgehead atoms. The molecule has 1 N–H and O–H groups in total. The standard InChI is InChI=1S/C18H17Cl2NO3S/c1-18(15-8-7-12(19)9-16(15)20)23-10-14(24-18)11-25-17(22)21-13-5-3-2-4-6-13/h2-9,14H,10-11H2,1H3,(H,21,22)/t14-,18-/m1/s1. The quantitative estimate of drug-likeness (QED) is 0.734. The highest BCUT2D eigenvalue weighted by molar-refractivity contribution is 8.13. The molecule has 1 amide bonds. The lowest BCUT2D eigenvalue weighted by molar-refractivity contribution is -0.159. The first kappa shape index (κ1) is 18.5. The molecule has 4 nitrogen and oxygen atoms in total. The molecule has 1 saturated heterocycles. The summed E-state index contributed by atoms with van der Waals surface area (Å²) in [5.41, 5.74) is 1.49. The Morgan fingerprint density at radius 1 is 1.28 bits per heavy atom. The normalized spacial score (nSPS) is 22.8. The molecular formula is C18H17Cl2NO3S. The molecule has 0 spiro atoms. The van der Waals surface area contributed by atoms with Crippen molar-refractivity contribution in [1.29, 1.82) is 0 Å². The summed E-state index contributed by atoms with van der Waals surface area (Å²) in [6.45, 7) is 2.21. The number of halogens is 2. The van der Waals surface area contributed by atoms with E-state index in [2.05, 4.69) is 5.32 Å². The number of thioether (sulfide) groups is 1. The maximum atomic E-state index is 12.0. The highest BCUT2D eigenvalue weighted by atomic mass is 35.5. The maximum absolute atomic E-state index is 12.0. The van der Waals surface area contributed by atoms with E-state index in [0.29, 0.717) is 22.4 Å². The van der Waals surface area contributed by atoms with E-state index in [4.69, 9.17) is 32.7 Å². The van der Waals surface area contributed by atoms with Gasteiger partial charge in [0.2, 0.25) is 0 Å².